The Morgan fingerprint density at radius 2 is 1.57 bits per heavy atom. The van der Waals surface area contributed by atoms with Crippen molar-refractivity contribution in [1.82, 2.24) is 10.2 Å². The largest absolute Gasteiger partial charge is 0.497 e. The van der Waals surface area contributed by atoms with Crippen molar-refractivity contribution in [3.05, 3.63) is 90.0 Å². The fraction of sp³-hybridized carbons (Fsp3) is 0.394. The molecule has 1 aliphatic carbocycles. The smallest absolute Gasteiger partial charge is 0.264 e. The van der Waals surface area contributed by atoms with Crippen LogP contribution in [-0.4, -0.2) is 50.9 Å². The third kappa shape index (κ3) is 7.31. The van der Waals surface area contributed by atoms with Gasteiger partial charge >= 0.3 is 0 Å². The maximum atomic E-state index is 14.3. The van der Waals surface area contributed by atoms with Gasteiger partial charge in [-0.3, -0.25) is 13.9 Å². The molecular formula is C33H41N3O5S. The summed E-state index contributed by atoms with van der Waals surface area (Å²) in [5, 5.41) is 3.14. The van der Waals surface area contributed by atoms with E-state index in [1.54, 1.807) is 49.6 Å². The summed E-state index contributed by atoms with van der Waals surface area (Å²) >= 11 is 0. The van der Waals surface area contributed by atoms with Gasteiger partial charge in [0.2, 0.25) is 11.8 Å². The number of rotatable bonds is 13. The molecule has 1 fully saturated rings. The monoisotopic (exact) mass is 591 g/mol. The molecule has 2 amide bonds. The zero-order valence-corrected chi connectivity index (χ0v) is 25.5. The zero-order chi connectivity index (χ0) is 30.1. The van der Waals surface area contributed by atoms with Gasteiger partial charge < -0.3 is 15.0 Å². The van der Waals surface area contributed by atoms with Crippen LogP contribution in [0.4, 0.5) is 5.69 Å². The Balaban J connectivity index is 1.73. The lowest BCUT2D eigenvalue weighted by Crippen LogP contribution is -2.53. The van der Waals surface area contributed by atoms with Crippen molar-refractivity contribution >= 4 is 27.5 Å². The predicted octanol–water partition coefficient (Wildman–Crippen LogP) is 5.32. The molecule has 1 aliphatic rings. The molecule has 1 saturated carbocycles. The van der Waals surface area contributed by atoms with Crippen LogP contribution in [0, 0.1) is 0 Å². The SMILES string of the molecule is CCc1ccccc1N(CC(=O)N(Cc1ccc(OC)cc1)[C@@H](CC)C(=O)NC1CCCC1)S(=O)(=O)c1ccccc1. The van der Waals surface area contributed by atoms with Gasteiger partial charge in [0.25, 0.3) is 10.0 Å². The standard InChI is InChI=1S/C33H41N3O5S/c1-4-26-13-9-12-18-31(26)36(42(39,40)29-16-7-6-8-17-29)24-32(37)35(23-25-19-21-28(41-3)22-20-25)30(5-2)33(38)34-27-14-10-11-15-27/h6-9,12-13,16-22,27,30H,4-5,10-11,14-15,23-24H2,1-3H3,(H,34,38)/t30-/m0/s1. The van der Waals surface area contributed by atoms with Crippen LogP contribution in [0.5, 0.6) is 5.75 Å². The molecule has 4 rings (SSSR count). The molecule has 0 heterocycles. The van der Waals surface area contributed by atoms with E-state index in [1.807, 2.05) is 38.1 Å². The van der Waals surface area contributed by atoms with Gasteiger partial charge in [-0.1, -0.05) is 75.2 Å². The summed E-state index contributed by atoms with van der Waals surface area (Å²) in [6.07, 6.45) is 4.95. The van der Waals surface area contributed by atoms with Gasteiger partial charge in [0.05, 0.1) is 17.7 Å². The molecule has 0 unspecified atom stereocenters. The first-order valence-electron chi connectivity index (χ1n) is 14.7. The number of nitrogens with zero attached hydrogens (tertiary/aromatic N) is 2. The van der Waals surface area contributed by atoms with Crippen molar-refractivity contribution in [2.75, 3.05) is 18.0 Å². The van der Waals surface area contributed by atoms with Crippen molar-refractivity contribution in [2.45, 2.75) is 75.9 Å². The van der Waals surface area contributed by atoms with Gasteiger partial charge in [0.1, 0.15) is 18.3 Å². The number of hydrogen-bond acceptors (Lipinski definition) is 5. The molecule has 0 spiro atoms. The molecule has 0 aromatic heterocycles. The molecule has 0 aliphatic heterocycles. The highest BCUT2D eigenvalue weighted by Crippen LogP contribution is 2.28. The number of methoxy groups -OCH3 is 1. The van der Waals surface area contributed by atoms with E-state index < -0.39 is 28.5 Å². The highest BCUT2D eigenvalue weighted by molar-refractivity contribution is 7.92. The number of hydrogen-bond donors (Lipinski definition) is 1. The van der Waals surface area contributed by atoms with Crippen molar-refractivity contribution in [1.29, 1.82) is 0 Å². The number of nitrogens with one attached hydrogen (secondary N) is 1. The van der Waals surface area contributed by atoms with Crippen LogP contribution in [-0.2, 0) is 32.6 Å². The summed E-state index contributed by atoms with van der Waals surface area (Å²) in [5.74, 6) is 0.0151. The first kappa shape index (κ1) is 31.1. The number of sulfonamides is 1. The lowest BCUT2D eigenvalue weighted by atomic mass is 10.1. The minimum atomic E-state index is -4.10. The first-order valence-corrected chi connectivity index (χ1v) is 16.1. The van der Waals surface area contributed by atoms with E-state index in [0.717, 1.165) is 36.8 Å². The lowest BCUT2D eigenvalue weighted by molar-refractivity contribution is -0.140. The Bertz CT molecular complexity index is 1440. The van der Waals surface area contributed by atoms with Crippen molar-refractivity contribution in [3.8, 4) is 5.75 Å². The summed E-state index contributed by atoms with van der Waals surface area (Å²) < 4.78 is 34.6. The second-order valence-corrected chi connectivity index (χ2v) is 12.5. The normalized spacial score (nSPS) is 14.3. The van der Waals surface area contributed by atoms with Crippen LogP contribution in [0.1, 0.15) is 57.1 Å². The summed E-state index contributed by atoms with van der Waals surface area (Å²) in [5.41, 5.74) is 2.06. The van der Waals surface area contributed by atoms with Crippen LogP contribution in [0.15, 0.2) is 83.8 Å². The van der Waals surface area contributed by atoms with E-state index in [-0.39, 0.29) is 23.4 Å². The average Bonchev–Trinajstić information content (AvgIpc) is 3.53. The van der Waals surface area contributed by atoms with Crippen LogP contribution in [0.2, 0.25) is 0 Å². The van der Waals surface area contributed by atoms with Gasteiger partial charge in [-0.05, 0) is 67.1 Å². The molecule has 0 radical (unpaired) electrons. The molecule has 42 heavy (non-hydrogen) atoms. The second-order valence-electron chi connectivity index (χ2n) is 10.6. The van der Waals surface area contributed by atoms with E-state index in [4.69, 9.17) is 4.74 Å². The Hall–Kier alpha value is -3.85. The Morgan fingerprint density at radius 1 is 0.929 bits per heavy atom. The molecule has 1 atom stereocenters. The van der Waals surface area contributed by atoms with Crippen LogP contribution in [0.25, 0.3) is 0 Å². The number of amides is 2. The van der Waals surface area contributed by atoms with Gasteiger partial charge in [-0.15, -0.1) is 0 Å². The van der Waals surface area contributed by atoms with E-state index in [2.05, 4.69) is 5.32 Å². The van der Waals surface area contributed by atoms with E-state index in [9.17, 15) is 18.0 Å². The number of ether oxygens (including phenoxy) is 1. The Morgan fingerprint density at radius 3 is 2.19 bits per heavy atom. The second kappa shape index (κ2) is 14.4. The van der Waals surface area contributed by atoms with Crippen molar-refractivity contribution in [3.63, 3.8) is 0 Å². The topological polar surface area (TPSA) is 96.0 Å². The Labute approximate surface area is 249 Å². The molecule has 1 N–H and O–H groups in total. The lowest BCUT2D eigenvalue weighted by Gasteiger charge is -2.34. The minimum absolute atomic E-state index is 0.0934. The molecule has 3 aromatic carbocycles. The van der Waals surface area contributed by atoms with Gasteiger partial charge in [-0.25, -0.2) is 8.42 Å². The predicted molar refractivity (Wildman–Crippen MR) is 165 cm³/mol. The molecular weight excluding hydrogens is 550 g/mol. The average molecular weight is 592 g/mol. The number of anilines is 1. The third-order valence-corrected chi connectivity index (χ3v) is 9.62. The van der Waals surface area contributed by atoms with Gasteiger partial charge in [-0.2, -0.15) is 0 Å². The van der Waals surface area contributed by atoms with Crippen LogP contribution >= 0.6 is 0 Å². The molecule has 3 aromatic rings. The molecule has 0 saturated heterocycles. The summed E-state index contributed by atoms with van der Waals surface area (Å²) in [7, 11) is -2.52. The van der Waals surface area contributed by atoms with Gasteiger partial charge in [0.15, 0.2) is 0 Å². The third-order valence-electron chi connectivity index (χ3n) is 7.85. The summed E-state index contributed by atoms with van der Waals surface area (Å²) in [4.78, 5) is 29.5. The maximum Gasteiger partial charge on any atom is 0.264 e. The van der Waals surface area contributed by atoms with Crippen LogP contribution < -0.4 is 14.4 Å². The molecule has 9 heteroatoms. The fourth-order valence-corrected chi connectivity index (χ4v) is 6.97. The van der Waals surface area contributed by atoms with Crippen molar-refractivity contribution in [2.24, 2.45) is 0 Å². The summed E-state index contributed by atoms with van der Waals surface area (Å²) in [6, 6.07) is 22.0. The van der Waals surface area contributed by atoms with E-state index in [1.165, 1.54) is 21.3 Å². The number of benzene rings is 3. The highest BCUT2D eigenvalue weighted by Gasteiger charge is 2.35. The van der Waals surface area contributed by atoms with Gasteiger partial charge in [0, 0.05) is 12.6 Å². The fourth-order valence-electron chi connectivity index (χ4n) is 5.50. The first-order chi connectivity index (χ1) is 20.3. The number of carbonyl (C=O) groups is 2. The number of carbonyl (C=O) groups excluding carboxylic acids is 2. The maximum absolute atomic E-state index is 14.3. The van der Waals surface area contributed by atoms with Crippen LogP contribution in [0.3, 0.4) is 0 Å². The highest BCUT2D eigenvalue weighted by atomic mass is 32.2. The van der Waals surface area contributed by atoms with E-state index in [0.29, 0.717) is 24.3 Å². The summed E-state index contributed by atoms with van der Waals surface area (Å²) in [6.45, 7) is 3.52. The Kier molecular flexibility index (Phi) is 10.6. The quantitative estimate of drug-likeness (QED) is 0.290. The number of para-hydroxylation sites is 1. The molecule has 8 nitrogen and oxygen atoms in total. The molecule has 224 valence electrons. The zero-order valence-electron chi connectivity index (χ0n) is 24.7. The van der Waals surface area contributed by atoms with Crippen molar-refractivity contribution < 1.29 is 22.7 Å². The molecule has 0 bridgehead atoms. The van der Waals surface area contributed by atoms with E-state index >= 15 is 0 Å². The number of aryl methyl sites for hydroxylation is 1. The minimum Gasteiger partial charge on any atom is -0.497 e.